The molecule has 6 heteroatoms. The van der Waals surface area contributed by atoms with Gasteiger partial charge in [0.2, 0.25) is 0 Å². The van der Waals surface area contributed by atoms with E-state index in [-0.39, 0.29) is 0 Å². The van der Waals surface area contributed by atoms with Crippen LogP contribution in [-0.4, -0.2) is 76.1 Å². The van der Waals surface area contributed by atoms with Gasteiger partial charge in [-0.25, -0.2) is 0 Å². The molecule has 0 aromatic carbocycles. The number of rotatable bonds is 10. The molecule has 152 valence electrons. The molecule has 0 aromatic heterocycles. The van der Waals surface area contributed by atoms with Crippen molar-refractivity contribution < 1.29 is 9.47 Å². The lowest BCUT2D eigenvalue weighted by molar-refractivity contribution is 0.0277. The summed E-state index contributed by atoms with van der Waals surface area (Å²) in [7, 11) is 0. The highest BCUT2D eigenvalue weighted by Gasteiger charge is 2.14. The Balaban J connectivity index is 1.58. The molecule has 0 radical (unpaired) electrons. The topological polar surface area (TPSA) is 58.1 Å². The van der Waals surface area contributed by atoms with Crippen LogP contribution < -0.4 is 10.6 Å². The highest BCUT2D eigenvalue weighted by atomic mass is 16.5. The second kappa shape index (κ2) is 13.3. The van der Waals surface area contributed by atoms with Crippen LogP contribution in [-0.2, 0) is 9.47 Å². The van der Waals surface area contributed by atoms with Crippen molar-refractivity contribution >= 4 is 5.96 Å². The lowest BCUT2D eigenvalue weighted by atomic mass is 9.98. The Hall–Kier alpha value is -0.850. The molecular formula is C20H40N4O2. The van der Waals surface area contributed by atoms with Crippen molar-refractivity contribution in [3.63, 3.8) is 0 Å². The summed E-state index contributed by atoms with van der Waals surface area (Å²) in [4.78, 5) is 7.24. The number of aliphatic imine (C=N–C) groups is 1. The molecule has 26 heavy (non-hydrogen) atoms. The van der Waals surface area contributed by atoms with Crippen LogP contribution in [0.25, 0.3) is 0 Å². The third-order valence-corrected chi connectivity index (χ3v) is 5.10. The van der Waals surface area contributed by atoms with Crippen LogP contribution in [0.4, 0.5) is 0 Å². The molecule has 1 aliphatic carbocycles. The maximum atomic E-state index is 5.99. The van der Waals surface area contributed by atoms with E-state index in [0.717, 1.165) is 71.5 Å². The van der Waals surface area contributed by atoms with Gasteiger partial charge in [0.25, 0.3) is 0 Å². The second-order valence-electron chi connectivity index (χ2n) is 7.65. The van der Waals surface area contributed by atoms with E-state index in [4.69, 9.17) is 14.5 Å². The standard InChI is InChI=1S/C20H40N4O2/c1-3-21-20(22-10-7-13-26-19-8-5-4-6-9-19)23-16-18(2)17-24-11-14-25-15-12-24/h18-19H,3-17H2,1-2H3,(H2,21,22,23). The van der Waals surface area contributed by atoms with Gasteiger partial charge in [-0.2, -0.15) is 0 Å². The average Bonchev–Trinajstić information content (AvgIpc) is 2.67. The van der Waals surface area contributed by atoms with E-state index >= 15 is 0 Å². The average molecular weight is 369 g/mol. The predicted octanol–water partition coefficient (Wildman–Crippen LogP) is 2.25. The zero-order valence-electron chi connectivity index (χ0n) is 17.0. The number of hydrogen-bond donors (Lipinski definition) is 2. The fraction of sp³-hybridized carbons (Fsp3) is 0.950. The van der Waals surface area contributed by atoms with Gasteiger partial charge in [-0.1, -0.05) is 26.2 Å². The Morgan fingerprint density at radius 1 is 1.19 bits per heavy atom. The molecule has 1 aliphatic heterocycles. The maximum Gasteiger partial charge on any atom is 0.191 e. The fourth-order valence-electron chi connectivity index (χ4n) is 3.63. The Morgan fingerprint density at radius 2 is 1.96 bits per heavy atom. The first-order chi connectivity index (χ1) is 12.8. The minimum absolute atomic E-state index is 0.506. The van der Waals surface area contributed by atoms with E-state index in [0.29, 0.717) is 12.0 Å². The van der Waals surface area contributed by atoms with Crippen LogP contribution >= 0.6 is 0 Å². The summed E-state index contributed by atoms with van der Waals surface area (Å²) < 4.78 is 11.4. The third kappa shape index (κ3) is 9.19. The summed E-state index contributed by atoms with van der Waals surface area (Å²) in [6.07, 6.45) is 8.09. The number of guanidine groups is 1. The van der Waals surface area contributed by atoms with Gasteiger partial charge < -0.3 is 20.1 Å². The van der Waals surface area contributed by atoms with Crippen molar-refractivity contribution in [3.05, 3.63) is 0 Å². The molecule has 1 unspecified atom stereocenters. The van der Waals surface area contributed by atoms with Crippen LogP contribution in [0.5, 0.6) is 0 Å². The van der Waals surface area contributed by atoms with Gasteiger partial charge in [0.1, 0.15) is 0 Å². The molecule has 2 aliphatic rings. The highest BCUT2D eigenvalue weighted by Crippen LogP contribution is 2.20. The first-order valence-corrected chi connectivity index (χ1v) is 10.7. The van der Waals surface area contributed by atoms with Crippen LogP contribution in [0.15, 0.2) is 4.99 Å². The first kappa shape index (κ1) is 21.5. The van der Waals surface area contributed by atoms with Crippen LogP contribution in [0, 0.1) is 5.92 Å². The monoisotopic (exact) mass is 368 g/mol. The summed E-state index contributed by atoms with van der Waals surface area (Å²) in [5.41, 5.74) is 0. The Bertz CT molecular complexity index is 380. The van der Waals surface area contributed by atoms with E-state index in [1.54, 1.807) is 0 Å². The molecule has 6 nitrogen and oxygen atoms in total. The number of nitrogens with zero attached hydrogens (tertiary/aromatic N) is 2. The highest BCUT2D eigenvalue weighted by molar-refractivity contribution is 5.79. The molecular weight excluding hydrogens is 328 g/mol. The Morgan fingerprint density at radius 3 is 2.69 bits per heavy atom. The number of morpholine rings is 1. The van der Waals surface area contributed by atoms with Gasteiger partial charge >= 0.3 is 0 Å². The summed E-state index contributed by atoms with van der Waals surface area (Å²) in [6.45, 7) is 12.8. The number of nitrogens with one attached hydrogen (secondary N) is 2. The largest absolute Gasteiger partial charge is 0.379 e. The summed E-state index contributed by atoms with van der Waals surface area (Å²) in [6, 6.07) is 0. The van der Waals surface area contributed by atoms with Crippen molar-refractivity contribution in [2.45, 2.75) is 58.5 Å². The molecule has 1 atom stereocenters. The molecule has 1 heterocycles. The van der Waals surface area contributed by atoms with E-state index in [9.17, 15) is 0 Å². The SMILES string of the molecule is CCNC(=NCC(C)CN1CCOCC1)NCCCOC1CCCCC1. The number of ether oxygens (including phenoxy) is 2. The molecule has 0 amide bonds. The van der Waals surface area contributed by atoms with Gasteiger partial charge in [0.15, 0.2) is 5.96 Å². The lowest BCUT2D eigenvalue weighted by Gasteiger charge is -2.28. The normalized spacial score (nSPS) is 21.5. The summed E-state index contributed by atoms with van der Waals surface area (Å²) >= 11 is 0. The second-order valence-corrected chi connectivity index (χ2v) is 7.65. The van der Waals surface area contributed by atoms with E-state index in [1.807, 2.05) is 0 Å². The Kier molecular flexibility index (Phi) is 11.0. The van der Waals surface area contributed by atoms with E-state index < -0.39 is 0 Å². The Labute approximate surface area is 160 Å². The molecule has 0 spiro atoms. The number of hydrogen-bond acceptors (Lipinski definition) is 4. The van der Waals surface area contributed by atoms with Crippen molar-refractivity contribution in [1.29, 1.82) is 0 Å². The molecule has 1 saturated heterocycles. The van der Waals surface area contributed by atoms with E-state index in [2.05, 4.69) is 29.4 Å². The van der Waals surface area contributed by atoms with Crippen LogP contribution in [0.3, 0.4) is 0 Å². The van der Waals surface area contributed by atoms with Crippen LogP contribution in [0.1, 0.15) is 52.4 Å². The minimum Gasteiger partial charge on any atom is -0.379 e. The smallest absolute Gasteiger partial charge is 0.191 e. The van der Waals surface area contributed by atoms with Gasteiger partial charge in [-0.3, -0.25) is 9.89 Å². The lowest BCUT2D eigenvalue weighted by Crippen LogP contribution is -2.40. The zero-order chi connectivity index (χ0) is 18.5. The summed E-state index contributed by atoms with van der Waals surface area (Å²) in [5.74, 6) is 1.48. The van der Waals surface area contributed by atoms with Gasteiger partial charge in [-0.05, 0) is 32.1 Å². The van der Waals surface area contributed by atoms with Gasteiger partial charge in [-0.15, -0.1) is 0 Å². The fourth-order valence-corrected chi connectivity index (χ4v) is 3.63. The molecule has 2 N–H and O–H groups in total. The van der Waals surface area contributed by atoms with Crippen molar-refractivity contribution in [2.24, 2.45) is 10.9 Å². The van der Waals surface area contributed by atoms with E-state index in [1.165, 1.54) is 32.1 Å². The first-order valence-electron chi connectivity index (χ1n) is 10.7. The third-order valence-electron chi connectivity index (χ3n) is 5.10. The van der Waals surface area contributed by atoms with Crippen LogP contribution in [0.2, 0.25) is 0 Å². The quantitative estimate of drug-likeness (QED) is 0.352. The predicted molar refractivity (Wildman–Crippen MR) is 108 cm³/mol. The van der Waals surface area contributed by atoms with Crippen molar-refractivity contribution in [3.8, 4) is 0 Å². The zero-order valence-corrected chi connectivity index (χ0v) is 17.0. The van der Waals surface area contributed by atoms with Crippen molar-refractivity contribution in [1.82, 2.24) is 15.5 Å². The molecule has 1 saturated carbocycles. The molecule has 2 fully saturated rings. The summed E-state index contributed by atoms with van der Waals surface area (Å²) in [5, 5.41) is 6.79. The van der Waals surface area contributed by atoms with Gasteiger partial charge in [0.05, 0.1) is 19.3 Å². The molecule has 0 aromatic rings. The van der Waals surface area contributed by atoms with Gasteiger partial charge in [0, 0.05) is 45.9 Å². The minimum atomic E-state index is 0.506. The van der Waals surface area contributed by atoms with Crippen molar-refractivity contribution in [2.75, 3.05) is 59.1 Å². The molecule has 2 rings (SSSR count). The molecule has 0 bridgehead atoms. The maximum absolute atomic E-state index is 5.99.